The largest absolute Gasteiger partial charge is 0.493 e. The van der Waals surface area contributed by atoms with Crippen LogP contribution in [0.5, 0.6) is 11.5 Å². The first-order valence-corrected chi connectivity index (χ1v) is 16.1. The Morgan fingerprint density at radius 1 is 0.860 bits per heavy atom. The first-order valence-electron chi connectivity index (χ1n) is 15.3. The van der Waals surface area contributed by atoms with Crippen molar-refractivity contribution in [1.82, 2.24) is 0 Å². The van der Waals surface area contributed by atoms with E-state index in [1.54, 1.807) is 0 Å². The van der Waals surface area contributed by atoms with Crippen molar-refractivity contribution in [3.8, 4) is 11.5 Å². The molecule has 43 heavy (non-hydrogen) atoms. The number of carbonyl (C=O) groups is 1. The van der Waals surface area contributed by atoms with Crippen LogP contribution < -0.4 is 14.2 Å². The maximum Gasteiger partial charge on any atom is 0.346 e. The molecule has 5 rings (SSSR count). The quantitative estimate of drug-likeness (QED) is 0.171. The molecule has 1 heterocycles. The van der Waals surface area contributed by atoms with Gasteiger partial charge >= 0.3 is 5.97 Å². The molecule has 0 atom stereocenters. The summed E-state index contributed by atoms with van der Waals surface area (Å²) in [5, 5.41) is 0.687. The third-order valence-corrected chi connectivity index (χ3v) is 9.93. The van der Waals surface area contributed by atoms with Crippen LogP contribution in [-0.2, 0) is 10.2 Å². The molecule has 1 aliphatic carbocycles. The summed E-state index contributed by atoms with van der Waals surface area (Å²) in [6, 6.07) is 26.7. The zero-order valence-electron chi connectivity index (χ0n) is 25.7. The maximum absolute atomic E-state index is 13.2. The molecule has 0 bridgehead atoms. The minimum absolute atomic E-state index is 0.0646. The van der Waals surface area contributed by atoms with Crippen LogP contribution in [0.2, 0.25) is 0 Å². The number of hydrogen-bond acceptors (Lipinski definition) is 6. The fourth-order valence-corrected chi connectivity index (χ4v) is 7.56. The summed E-state index contributed by atoms with van der Waals surface area (Å²) in [7, 11) is 1.29. The lowest BCUT2D eigenvalue weighted by Crippen LogP contribution is -2.42. The molecule has 0 aliphatic heterocycles. The van der Waals surface area contributed by atoms with E-state index in [1.165, 1.54) is 50.3 Å². The van der Waals surface area contributed by atoms with Gasteiger partial charge in [0.15, 0.2) is 5.56 Å². The molecule has 0 unspecified atom stereocenters. The number of hydrogen-bond donors (Lipinski definition) is 0. The number of carbonyl (C=O) groups excluding carboxylic acids is 1. The number of fused-ring (bicyclic) bond motifs is 1. The lowest BCUT2D eigenvalue weighted by Gasteiger charge is -2.46. The Bertz CT molecular complexity index is 1540. The van der Waals surface area contributed by atoms with Crippen LogP contribution in [-0.4, -0.2) is 26.3 Å². The van der Waals surface area contributed by atoms with E-state index in [2.05, 4.69) is 69.3 Å². The minimum Gasteiger partial charge on any atom is -0.493 e. The second kappa shape index (κ2) is 13.3. The summed E-state index contributed by atoms with van der Waals surface area (Å²) in [6.45, 7) is 7.69. The molecule has 0 saturated heterocycles. The minimum atomic E-state index is -0.695. The topological polar surface area (TPSA) is 61.8 Å². The molecule has 6 heteroatoms. The van der Waals surface area contributed by atoms with Gasteiger partial charge in [0.05, 0.1) is 20.3 Å². The van der Waals surface area contributed by atoms with Gasteiger partial charge < -0.3 is 14.2 Å². The van der Waals surface area contributed by atoms with Crippen molar-refractivity contribution in [2.45, 2.75) is 64.7 Å². The molecule has 0 N–H and O–H groups in total. The first kappa shape index (κ1) is 30.8. The van der Waals surface area contributed by atoms with Crippen LogP contribution in [0.25, 0.3) is 10.1 Å². The zero-order valence-corrected chi connectivity index (χ0v) is 26.5. The second-order valence-corrected chi connectivity index (χ2v) is 13.6. The summed E-state index contributed by atoms with van der Waals surface area (Å²) in [4.78, 5) is 26.2. The lowest BCUT2D eigenvalue weighted by atomic mass is 9.57. The van der Waals surface area contributed by atoms with E-state index in [0.29, 0.717) is 30.1 Å². The summed E-state index contributed by atoms with van der Waals surface area (Å²) in [6.07, 6.45) is 6.80. The van der Waals surface area contributed by atoms with E-state index in [1.807, 2.05) is 30.3 Å². The highest BCUT2D eigenvalue weighted by Gasteiger charge is 2.44. The van der Waals surface area contributed by atoms with E-state index >= 15 is 0 Å². The third kappa shape index (κ3) is 6.50. The highest BCUT2D eigenvalue weighted by molar-refractivity contribution is 7.16. The van der Waals surface area contributed by atoms with Gasteiger partial charge in [-0.05, 0) is 59.9 Å². The predicted molar refractivity (Wildman–Crippen MR) is 175 cm³/mol. The molecule has 5 nitrogen and oxygen atoms in total. The van der Waals surface area contributed by atoms with Crippen LogP contribution in [0.4, 0.5) is 0 Å². The van der Waals surface area contributed by atoms with Crippen molar-refractivity contribution < 1.29 is 19.0 Å². The molecular formula is C37H42O5S. The number of esters is 1. The third-order valence-electron chi connectivity index (χ3n) is 8.97. The van der Waals surface area contributed by atoms with Gasteiger partial charge in [-0.15, -0.1) is 0 Å². The normalized spacial score (nSPS) is 14.4. The van der Waals surface area contributed by atoms with Crippen molar-refractivity contribution in [2.24, 2.45) is 11.3 Å². The van der Waals surface area contributed by atoms with Crippen molar-refractivity contribution >= 4 is 27.4 Å². The molecular weight excluding hydrogens is 556 g/mol. The number of methoxy groups -OCH3 is 1. The molecule has 3 aromatic carbocycles. The Kier molecular flexibility index (Phi) is 9.55. The highest BCUT2D eigenvalue weighted by Crippen LogP contribution is 2.49. The molecule has 1 saturated carbocycles. The fraction of sp³-hybridized carbons (Fsp3) is 0.405. The highest BCUT2D eigenvalue weighted by atomic mass is 32.1. The van der Waals surface area contributed by atoms with Crippen molar-refractivity contribution in [2.75, 3.05) is 20.3 Å². The SMILES string of the molecule is COC(=O)c1c(OCCC(c2ccccc2)(c2ccccc2)C(C)(C)C)c2cc(OCC3CCCCC3)ccc2sc1=O. The number of rotatable bonds is 10. The van der Waals surface area contributed by atoms with Crippen molar-refractivity contribution in [1.29, 1.82) is 0 Å². The van der Waals surface area contributed by atoms with Crippen LogP contribution in [0.15, 0.2) is 83.7 Å². The van der Waals surface area contributed by atoms with E-state index in [4.69, 9.17) is 14.2 Å². The van der Waals surface area contributed by atoms with Gasteiger partial charge in [-0.25, -0.2) is 4.79 Å². The molecule has 0 radical (unpaired) electrons. The molecule has 226 valence electrons. The van der Waals surface area contributed by atoms with Gasteiger partial charge in [0.1, 0.15) is 11.5 Å². The first-order chi connectivity index (χ1) is 20.7. The van der Waals surface area contributed by atoms with Crippen molar-refractivity contribution in [3.63, 3.8) is 0 Å². The van der Waals surface area contributed by atoms with Gasteiger partial charge in [0.25, 0.3) is 4.74 Å². The fourth-order valence-electron chi connectivity index (χ4n) is 6.69. The average Bonchev–Trinajstić information content (AvgIpc) is 3.02. The van der Waals surface area contributed by atoms with Gasteiger partial charge in [-0.2, -0.15) is 0 Å². The van der Waals surface area contributed by atoms with E-state index < -0.39 is 11.4 Å². The molecule has 1 aromatic heterocycles. The molecule has 0 amide bonds. The Morgan fingerprint density at radius 2 is 1.49 bits per heavy atom. The molecule has 4 aromatic rings. The molecule has 0 spiro atoms. The molecule has 1 aliphatic rings. The van der Waals surface area contributed by atoms with E-state index in [9.17, 15) is 9.59 Å². The monoisotopic (exact) mass is 598 g/mol. The Morgan fingerprint density at radius 3 is 2.07 bits per heavy atom. The van der Waals surface area contributed by atoms with Gasteiger partial charge in [-0.1, -0.05) is 112 Å². The predicted octanol–water partition coefficient (Wildman–Crippen LogP) is 8.81. The van der Waals surface area contributed by atoms with Crippen LogP contribution in [0.1, 0.15) is 80.8 Å². The maximum atomic E-state index is 13.2. The van der Waals surface area contributed by atoms with Crippen LogP contribution in [0.3, 0.4) is 0 Å². The molecule has 1 fully saturated rings. The Hall–Kier alpha value is -3.64. The van der Waals surface area contributed by atoms with E-state index in [-0.39, 0.29) is 28.1 Å². The van der Waals surface area contributed by atoms with Crippen molar-refractivity contribution in [3.05, 3.63) is 105 Å². The number of benzene rings is 3. The second-order valence-electron chi connectivity index (χ2n) is 12.5. The van der Waals surface area contributed by atoms with Crippen LogP contribution in [0, 0.1) is 11.3 Å². The van der Waals surface area contributed by atoms with Gasteiger partial charge in [0, 0.05) is 15.5 Å². The Balaban J connectivity index is 1.53. The standard InChI is InChI=1S/C37H42O5S/c1-36(2,3)37(27-16-10-6-11-17-27,28-18-12-7-13-19-28)22-23-41-33-30-24-29(42-25-26-14-8-5-9-15-26)20-21-31(30)43-35(39)32(33)34(38)40-4/h6-7,10-13,16-21,24,26H,5,8-9,14-15,22-23,25H2,1-4H3. The summed E-state index contributed by atoms with van der Waals surface area (Å²) < 4.78 is 18.2. The summed E-state index contributed by atoms with van der Waals surface area (Å²) in [5.41, 5.74) is 1.73. The summed E-state index contributed by atoms with van der Waals surface area (Å²) in [5.74, 6) is 0.832. The van der Waals surface area contributed by atoms with Crippen LogP contribution >= 0.6 is 11.3 Å². The van der Waals surface area contributed by atoms with Gasteiger partial charge in [-0.3, -0.25) is 4.79 Å². The zero-order chi connectivity index (χ0) is 30.5. The average molecular weight is 599 g/mol. The lowest BCUT2D eigenvalue weighted by molar-refractivity contribution is 0.0594. The van der Waals surface area contributed by atoms with Gasteiger partial charge in [0.2, 0.25) is 0 Å². The Labute approximate surface area is 258 Å². The smallest absolute Gasteiger partial charge is 0.346 e. The summed E-state index contributed by atoms with van der Waals surface area (Å²) >= 11 is 1.03. The number of ether oxygens (including phenoxy) is 3. The van der Waals surface area contributed by atoms with E-state index in [0.717, 1.165) is 16.0 Å².